The molecule has 4 rings (SSSR count). The highest BCUT2D eigenvalue weighted by molar-refractivity contribution is 7.22. The Morgan fingerprint density at radius 1 is 1.14 bits per heavy atom. The van der Waals surface area contributed by atoms with E-state index in [9.17, 15) is 13.6 Å². The number of piperidine rings is 1. The predicted octanol–water partition coefficient (Wildman–Crippen LogP) is 3.99. The fraction of sp³-hybridized carbons (Fsp3) is 0.333. The minimum atomic E-state index is -0.310. The number of nitrogens with one attached hydrogen (secondary N) is 1. The summed E-state index contributed by atoms with van der Waals surface area (Å²) < 4.78 is 32.5. The first-order valence-electron chi connectivity index (χ1n) is 9.55. The van der Waals surface area contributed by atoms with Crippen molar-refractivity contribution in [1.82, 2.24) is 10.3 Å². The van der Waals surface area contributed by atoms with Gasteiger partial charge in [-0.25, -0.2) is 13.8 Å². The highest BCUT2D eigenvalue weighted by Crippen LogP contribution is 2.31. The molecule has 5 nitrogen and oxygen atoms in total. The van der Waals surface area contributed by atoms with E-state index in [1.807, 2.05) is 0 Å². The smallest absolute Gasteiger partial charge is 0.223 e. The number of carbonyl (C=O) groups is 1. The zero-order valence-corrected chi connectivity index (χ0v) is 16.6. The van der Waals surface area contributed by atoms with Gasteiger partial charge >= 0.3 is 0 Å². The van der Waals surface area contributed by atoms with Crippen LogP contribution in [0.15, 0.2) is 42.5 Å². The number of anilines is 1. The van der Waals surface area contributed by atoms with Crippen molar-refractivity contribution in [2.45, 2.75) is 12.8 Å². The molecule has 8 heteroatoms. The molecule has 0 saturated carbocycles. The minimum Gasteiger partial charge on any atom is -0.492 e. The Bertz CT molecular complexity index is 985. The van der Waals surface area contributed by atoms with Crippen molar-refractivity contribution in [2.24, 2.45) is 5.92 Å². The number of amides is 1. The highest BCUT2D eigenvalue weighted by atomic mass is 32.1. The van der Waals surface area contributed by atoms with Crippen LogP contribution >= 0.6 is 11.3 Å². The van der Waals surface area contributed by atoms with Gasteiger partial charge < -0.3 is 15.0 Å². The number of fused-ring (bicyclic) bond motifs is 1. The van der Waals surface area contributed by atoms with Crippen molar-refractivity contribution in [3.63, 3.8) is 0 Å². The van der Waals surface area contributed by atoms with E-state index in [2.05, 4.69) is 15.2 Å². The molecule has 2 heterocycles. The summed E-state index contributed by atoms with van der Waals surface area (Å²) in [6.45, 7) is 2.22. The molecule has 0 radical (unpaired) electrons. The van der Waals surface area contributed by atoms with E-state index in [1.165, 1.54) is 35.6 Å². The predicted molar refractivity (Wildman–Crippen MR) is 109 cm³/mol. The first-order chi connectivity index (χ1) is 14.1. The van der Waals surface area contributed by atoms with Crippen molar-refractivity contribution >= 4 is 32.6 Å². The summed E-state index contributed by atoms with van der Waals surface area (Å²) in [5.74, 6) is -0.00575. The Balaban J connectivity index is 1.22. The number of hydrogen-bond acceptors (Lipinski definition) is 5. The molecule has 1 saturated heterocycles. The van der Waals surface area contributed by atoms with E-state index in [0.717, 1.165) is 41.3 Å². The van der Waals surface area contributed by atoms with Crippen LogP contribution in [0.25, 0.3) is 10.2 Å². The van der Waals surface area contributed by atoms with E-state index >= 15 is 0 Å². The van der Waals surface area contributed by atoms with Crippen molar-refractivity contribution in [1.29, 1.82) is 0 Å². The van der Waals surface area contributed by atoms with Crippen molar-refractivity contribution < 1.29 is 18.3 Å². The maximum atomic E-state index is 13.4. The summed E-state index contributed by atoms with van der Waals surface area (Å²) in [5, 5.41) is 3.78. The molecule has 3 aromatic rings. The molecule has 1 aliphatic rings. The number of rotatable bonds is 6. The monoisotopic (exact) mass is 417 g/mol. The van der Waals surface area contributed by atoms with Crippen LogP contribution in [0.2, 0.25) is 0 Å². The fourth-order valence-electron chi connectivity index (χ4n) is 3.37. The number of benzene rings is 2. The summed E-state index contributed by atoms with van der Waals surface area (Å²) in [6.07, 6.45) is 1.49. The zero-order chi connectivity index (χ0) is 20.2. The van der Waals surface area contributed by atoms with Crippen LogP contribution in [0.5, 0.6) is 5.75 Å². The SMILES string of the molecule is O=C(NCCOc1ccc(F)cc1)C1CCN(c2nc3ccc(F)cc3s2)CC1. The van der Waals surface area contributed by atoms with Crippen LogP contribution in [0.4, 0.5) is 13.9 Å². The van der Waals surface area contributed by atoms with Crippen LogP contribution in [0.1, 0.15) is 12.8 Å². The molecule has 152 valence electrons. The lowest BCUT2D eigenvalue weighted by molar-refractivity contribution is -0.125. The number of aromatic nitrogens is 1. The normalized spacial score (nSPS) is 14.9. The molecule has 2 aromatic carbocycles. The number of halogens is 2. The van der Waals surface area contributed by atoms with Crippen molar-refractivity contribution in [3.8, 4) is 5.75 Å². The van der Waals surface area contributed by atoms with Crippen LogP contribution < -0.4 is 15.0 Å². The van der Waals surface area contributed by atoms with Crippen LogP contribution in [0.3, 0.4) is 0 Å². The van der Waals surface area contributed by atoms with Gasteiger partial charge in [-0.1, -0.05) is 11.3 Å². The molecule has 0 unspecified atom stereocenters. The van der Waals surface area contributed by atoms with E-state index in [-0.39, 0.29) is 23.5 Å². The molecule has 1 aromatic heterocycles. The van der Waals surface area contributed by atoms with Gasteiger partial charge in [-0.15, -0.1) is 0 Å². The number of carbonyl (C=O) groups excluding carboxylic acids is 1. The lowest BCUT2D eigenvalue weighted by Crippen LogP contribution is -2.41. The second kappa shape index (κ2) is 8.73. The Morgan fingerprint density at radius 3 is 2.62 bits per heavy atom. The van der Waals surface area contributed by atoms with Gasteiger partial charge in [-0.05, 0) is 55.3 Å². The third-order valence-corrected chi connectivity index (χ3v) is 6.04. The Hall–Kier alpha value is -2.74. The van der Waals surface area contributed by atoms with Crippen LogP contribution in [0, 0.1) is 17.6 Å². The second-order valence-corrected chi connectivity index (χ2v) is 7.97. The molecule has 1 N–H and O–H groups in total. The second-order valence-electron chi connectivity index (χ2n) is 6.96. The van der Waals surface area contributed by atoms with Gasteiger partial charge in [0, 0.05) is 19.0 Å². The third-order valence-electron chi connectivity index (χ3n) is 4.96. The van der Waals surface area contributed by atoms with Gasteiger partial charge in [-0.2, -0.15) is 0 Å². The standard InChI is InChI=1S/C21H21F2N3O2S/c22-15-1-4-17(5-2-15)28-12-9-24-20(27)14-7-10-26(11-8-14)21-25-18-6-3-16(23)13-19(18)29-21/h1-6,13-14H,7-12H2,(H,24,27). The van der Waals surface area contributed by atoms with Gasteiger partial charge in [0.15, 0.2) is 5.13 Å². The molecule has 1 aliphatic heterocycles. The quantitative estimate of drug-likeness (QED) is 0.617. The van der Waals surface area contributed by atoms with Crippen LogP contribution in [-0.2, 0) is 4.79 Å². The van der Waals surface area contributed by atoms with Gasteiger partial charge in [-0.3, -0.25) is 4.79 Å². The summed E-state index contributed by atoms with van der Waals surface area (Å²) >= 11 is 1.48. The van der Waals surface area contributed by atoms with E-state index in [0.29, 0.717) is 18.9 Å². The summed E-state index contributed by atoms with van der Waals surface area (Å²) in [5.41, 5.74) is 0.799. The molecule has 1 amide bonds. The number of hydrogen-bond donors (Lipinski definition) is 1. The van der Waals surface area contributed by atoms with E-state index in [1.54, 1.807) is 18.2 Å². The van der Waals surface area contributed by atoms with Crippen molar-refractivity contribution in [3.05, 3.63) is 54.1 Å². The lowest BCUT2D eigenvalue weighted by atomic mass is 9.96. The average molecular weight is 417 g/mol. The maximum absolute atomic E-state index is 13.4. The lowest BCUT2D eigenvalue weighted by Gasteiger charge is -2.31. The van der Waals surface area contributed by atoms with E-state index < -0.39 is 0 Å². The van der Waals surface area contributed by atoms with Gasteiger partial charge in [0.25, 0.3) is 0 Å². The molecule has 0 spiro atoms. The summed E-state index contributed by atoms with van der Waals surface area (Å²) in [4.78, 5) is 19.1. The third kappa shape index (κ3) is 4.82. The Morgan fingerprint density at radius 2 is 1.86 bits per heavy atom. The van der Waals surface area contributed by atoms with E-state index in [4.69, 9.17) is 4.74 Å². The van der Waals surface area contributed by atoms with Gasteiger partial charge in [0.2, 0.25) is 5.91 Å². The number of ether oxygens (including phenoxy) is 1. The number of nitrogens with zero attached hydrogens (tertiary/aromatic N) is 2. The van der Waals surface area contributed by atoms with Gasteiger partial charge in [0.05, 0.1) is 16.8 Å². The van der Waals surface area contributed by atoms with Gasteiger partial charge in [0.1, 0.15) is 24.0 Å². The first kappa shape index (κ1) is 19.6. The molecular weight excluding hydrogens is 396 g/mol. The Labute approximate surface area is 171 Å². The fourth-order valence-corrected chi connectivity index (χ4v) is 4.41. The molecule has 0 atom stereocenters. The summed E-state index contributed by atoms with van der Waals surface area (Å²) in [6, 6.07) is 10.4. The van der Waals surface area contributed by atoms with Crippen molar-refractivity contribution in [2.75, 3.05) is 31.1 Å². The molecular formula is C21H21F2N3O2S. The average Bonchev–Trinajstić information content (AvgIpc) is 3.15. The van der Waals surface area contributed by atoms with Crippen LogP contribution in [-0.4, -0.2) is 37.1 Å². The Kier molecular flexibility index (Phi) is 5.89. The molecule has 0 bridgehead atoms. The maximum Gasteiger partial charge on any atom is 0.223 e. The minimum absolute atomic E-state index is 0.0266. The molecule has 29 heavy (non-hydrogen) atoms. The highest BCUT2D eigenvalue weighted by Gasteiger charge is 2.26. The largest absolute Gasteiger partial charge is 0.492 e. The first-order valence-corrected chi connectivity index (χ1v) is 10.4. The topological polar surface area (TPSA) is 54.5 Å². The zero-order valence-electron chi connectivity index (χ0n) is 15.7. The summed E-state index contributed by atoms with van der Waals surface area (Å²) in [7, 11) is 0. The molecule has 1 fully saturated rings. The molecule has 0 aliphatic carbocycles. The number of thiazole rings is 1.